The second-order valence-electron chi connectivity index (χ2n) is 1.17. The molecule has 1 aromatic rings. The van der Waals surface area contributed by atoms with Crippen molar-refractivity contribution in [3.8, 4) is 0 Å². The second-order valence-corrected chi connectivity index (χ2v) is 1.17. The number of rotatable bonds is 0. The molecule has 1 rings (SSSR count). The summed E-state index contributed by atoms with van der Waals surface area (Å²) >= 11 is 0. The van der Waals surface area contributed by atoms with Gasteiger partial charge in [0.15, 0.2) is 0 Å². The number of hydrogen-bond acceptors (Lipinski definition) is 1. The van der Waals surface area contributed by atoms with E-state index < -0.39 is 0 Å². The first-order chi connectivity index (χ1) is 2.89. The average Bonchev–Trinajstić information content (AvgIpc) is 1.86. The predicted octanol–water partition coefficient (Wildman–Crippen LogP) is 0.716. The van der Waals surface area contributed by atoms with Crippen molar-refractivity contribution in [1.82, 2.24) is 9.97 Å². The van der Waals surface area contributed by atoms with E-state index in [1.807, 2.05) is 6.92 Å². The van der Waals surface area contributed by atoms with E-state index in [4.69, 9.17) is 0 Å². The molecule has 0 fully saturated rings. The van der Waals surface area contributed by atoms with Gasteiger partial charge in [-0.15, -0.1) is 0 Å². The number of imidazole rings is 1. The number of H-pyrrole nitrogens is 1. The maximum Gasteiger partial charge on any atom is 0.102 e. The van der Waals surface area contributed by atoms with E-state index in [0.717, 1.165) is 5.82 Å². The zero-order valence-corrected chi connectivity index (χ0v) is 4.91. The number of aryl methyl sites for hydroxylation is 1. The Labute approximate surface area is 52.3 Å². The Bertz CT molecular complexity index is 113. The summed E-state index contributed by atoms with van der Waals surface area (Å²) in [7, 11) is 0. The van der Waals surface area contributed by atoms with E-state index in [9.17, 15) is 0 Å². The van der Waals surface area contributed by atoms with Crippen LogP contribution in [0.15, 0.2) is 12.4 Å². The molecule has 3 heteroatoms. The molecule has 0 bridgehead atoms. The number of nitrogens with one attached hydrogen (secondary N) is 1. The number of aromatic amines is 1. The Morgan fingerprint density at radius 2 is 2.43 bits per heavy atom. The van der Waals surface area contributed by atoms with Crippen molar-refractivity contribution >= 4 is 0 Å². The summed E-state index contributed by atoms with van der Waals surface area (Å²) in [6.07, 6.45) is 3.53. The molecule has 0 aliphatic carbocycles. The van der Waals surface area contributed by atoms with Gasteiger partial charge in [-0.1, -0.05) is 0 Å². The van der Waals surface area contributed by atoms with E-state index in [-0.39, 0.29) is 16.5 Å². The van der Waals surface area contributed by atoms with Crippen LogP contribution in [-0.4, -0.2) is 9.97 Å². The van der Waals surface area contributed by atoms with Crippen LogP contribution in [0.25, 0.3) is 0 Å². The first-order valence-corrected chi connectivity index (χ1v) is 1.85. The molecule has 0 atom stereocenters. The molecule has 1 N–H and O–H groups in total. The monoisotopic (exact) mass is 140 g/mol. The molecule has 0 aromatic carbocycles. The molecule has 0 aliphatic rings. The molecule has 0 aliphatic heterocycles. The quantitative estimate of drug-likeness (QED) is 0.529. The van der Waals surface area contributed by atoms with Crippen LogP contribution >= 0.6 is 0 Å². The van der Waals surface area contributed by atoms with Gasteiger partial charge in [0.2, 0.25) is 0 Å². The van der Waals surface area contributed by atoms with Gasteiger partial charge >= 0.3 is 0 Å². The fourth-order valence-corrected chi connectivity index (χ4v) is 0.344. The number of hydrogen-bond donors (Lipinski definition) is 1. The van der Waals surface area contributed by atoms with Gasteiger partial charge in [-0.3, -0.25) is 0 Å². The smallest absolute Gasteiger partial charge is 0.102 e. The first-order valence-electron chi connectivity index (χ1n) is 1.85. The Hall–Kier alpha value is -0.296. The number of aromatic nitrogens is 2. The predicted molar refractivity (Wildman–Crippen MR) is 23.3 cm³/mol. The summed E-state index contributed by atoms with van der Waals surface area (Å²) in [5, 5.41) is 0. The molecule has 0 saturated carbocycles. The standard InChI is InChI=1S/C4H6N2.Ni/c1-4-5-2-3-6-4;/h2-3H,1H3,(H,5,6);. The molecule has 2 nitrogen and oxygen atoms in total. The number of nitrogens with zero attached hydrogens (tertiary/aromatic N) is 1. The van der Waals surface area contributed by atoms with Crippen LogP contribution in [-0.2, 0) is 16.5 Å². The van der Waals surface area contributed by atoms with Crippen molar-refractivity contribution < 1.29 is 16.5 Å². The van der Waals surface area contributed by atoms with Crippen LogP contribution in [0.5, 0.6) is 0 Å². The molecule has 1 heterocycles. The molecule has 0 unspecified atom stereocenters. The van der Waals surface area contributed by atoms with Crippen LogP contribution in [0.1, 0.15) is 5.82 Å². The maximum absolute atomic E-state index is 3.86. The summed E-state index contributed by atoms with van der Waals surface area (Å²) in [5.74, 6) is 0.968. The van der Waals surface area contributed by atoms with Crippen molar-refractivity contribution in [3.05, 3.63) is 18.2 Å². The largest absolute Gasteiger partial charge is 0.349 e. The van der Waals surface area contributed by atoms with E-state index in [1.54, 1.807) is 12.4 Å². The van der Waals surface area contributed by atoms with Gasteiger partial charge in [-0.05, 0) is 6.92 Å². The van der Waals surface area contributed by atoms with Crippen molar-refractivity contribution in [2.45, 2.75) is 6.92 Å². The van der Waals surface area contributed by atoms with Crippen molar-refractivity contribution in [2.24, 2.45) is 0 Å². The van der Waals surface area contributed by atoms with Crippen molar-refractivity contribution in [3.63, 3.8) is 0 Å². The van der Waals surface area contributed by atoms with Crippen molar-refractivity contribution in [1.29, 1.82) is 0 Å². The van der Waals surface area contributed by atoms with Crippen LogP contribution in [0.4, 0.5) is 0 Å². The van der Waals surface area contributed by atoms with Gasteiger partial charge < -0.3 is 4.98 Å². The summed E-state index contributed by atoms with van der Waals surface area (Å²) in [5.41, 5.74) is 0. The molecule has 0 spiro atoms. The average molecular weight is 141 g/mol. The van der Waals surface area contributed by atoms with Gasteiger partial charge in [0, 0.05) is 28.9 Å². The van der Waals surface area contributed by atoms with Gasteiger partial charge in [-0.2, -0.15) is 0 Å². The first kappa shape index (κ1) is 6.70. The molecular weight excluding hydrogens is 135 g/mol. The minimum absolute atomic E-state index is 0. The van der Waals surface area contributed by atoms with Gasteiger partial charge in [0.05, 0.1) is 0 Å². The third-order valence-corrected chi connectivity index (χ3v) is 0.635. The maximum atomic E-state index is 3.86. The minimum atomic E-state index is 0. The summed E-state index contributed by atoms with van der Waals surface area (Å²) in [6.45, 7) is 1.92. The third-order valence-electron chi connectivity index (χ3n) is 0.635. The minimum Gasteiger partial charge on any atom is -0.349 e. The Morgan fingerprint density at radius 3 is 2.57 bits per heavy atom. The SMILES string of the molecule is Cc1ncc[nH]1.[Ni]. The van der Waals surface area contributed by atoms with Gasteiger partial charge in [0.25, 0.3) is 0 Å². The molecule has 0 amide bonds. The van der Waals surface area contributed by atoms with Gasteiger partial charge in [0.1, 0.15) is 5.82 Å². The topological polar surface area (TPSA) is 28.7 Å². The normalized spacial score (nSPS) is 7.57. The van der Waals surface area contributed by atoms with E-state index in [2.05, 4.69) is 9.97 Å². The molecule has 1 aromatic heterocycles. The van der Waals surface area contributed by atoms with Crippen LogP contribution in [0, 0.1) is 6.92 Å². The second kappa shape index (κ2) is 2.81. The summed E-state index contributed by atoms with van der Waals surface area (Å²) in [4.78, 5) is 6.75. The molecular formula is C4H6N2Ni. The Kier molecular flexibility index (Phi) is 2.69. The van der Waals surface area contributed by atoms with Crippen LogP contribution < -0.4 is 0 Å². The fourth-order valence-electron chi connectivity index (χ4n) is 0.344. The zero-order valence-electron chi connectivity index (χ0n) is 3.92. The van der Waals surface area contributed by atoms with Crippen LogP contribution in [0.3, 0.4) is 0 Å². The summed E-state index contributed by atoms with van der Waals surface area (Å²) in [6, 6.07) is 0. The fraction of sp³-hybridized carbons (Fsp3) is 0.250. The van der Waals surface area contributed by atoms with Crippen molar-refractivity contribution in [2.75, 3.05) is 0 Å². The zero-order chi connectivity index (χ0) is 4.41. The van der Waals surface area contributed by atoms with E-state index in [0.29, 0.717) is 0 Å². The summed E-state index contributed by atoms with van der Waals surface area (Å²) < 4.78 is 0. The molecule has 7 heavy (non-hydrogen) atoms. The molecule has 42 valence electrons. The molecule has 0 radical (unpaired) electrons. The Morgan fingerprint density at radius 1 is 1.71 bits per heavy atom. The molecule has 0 saturated heterocycles. The van der Waals surface area contributed by atoms with E-state index in [1.165, 1.54) is 0 Å². The third kappa shape index (κ3) is 1.74. The van der Waals surface area contributed by atoms with Gasteiger partial charge in [-0.25, -0.2) is 4.98 Å². The van der Waals surface area contributed by atoms with E-state index >= 15 is 0 Å². The Balaban J connectivity index is 0.000000360. The van der Waals surface area contributed by atoms with Crippen LogP contribution in [0.2, 0.25) is 0 Å².